The third kappa shape index (κ3) is 7.54. The Morgan fingerprint density at radius 3 is 2.38 bits per heavy atom. The summed E-state index contributed by atoms with van der Waals surface area (Å²) >= 11 is 0. The number of carboxylic acid groups (broad SMARTS) is 1. The van der Waals surface area contributed by atoms with Crippen molar-refractivity contribution in [1.82, 2.24) is 10.6 Å². The Labute approximate surface area is 156 Å². The molecule has 0 saturated carbocycles. The van der Waals surface area contributed by atoms with Crippen molar-refractivity contribution in [3.05, 3.63) is 35.9 Å². The molecule has 0 fully saturated rings. The topological polar surface area (TPSA) is 98.7 Å². The zero-order valence-electron chi connectivity index (χ0n) is 15.8. The molecular formula is C20H32N2O4. The molecule has 0 saturated heterocycles. The lowest BCUT2D eigenvalue weighted by atomic mass is 9.80. The van der Waals surface area contributed by atoms with Crippen molar-refractivity contribution in [3.63, 3.8) is 0 Å². The van der Waals surface area contributed by atoms with Gasteiger partial charge in [0.2, 0.25) is 5.91 Å². The summed E-state index contributed by atoms with van der Waals surface area (Å²) in [5.41, 5.74) is 1.29. The van der Waals surface area contributed by atoms with Crippen LogP contribution in [0.1, 0.15) is 32.3 Å². The summed E-state index contributed by atoms with van der Waals surface area (Å²) in [7, 11) is 0. The van der Waals surface area contributed by atoms with Gasteiger partial charge in [0.25, 0.3) is 0 Å². The van der Waals surface area contributed by atoms with E-state index in [1.54, 1.807) is 0 Å². The summed E-state index contributed by atoms with van der Waals surface area (Å²) in [6.07, 6.45) is 2.29. The highest BCUT2D eigenvalue weighted by Crippen LogP contribution is 2.24. The number of aliphatic hydroxyl groups is 1. The van der Waals surface area contributed by atoms with E-state index < -0.39 is 17.8 Å². The summed E-state index contributed by atoms with van der Waals surface area (Å²) in [4.78, 5) is 23.7. The van der Waals surface area contributed by atoms with Crippen LogP contribution in [0.5, 0.6) is 0 Å². The van der Waals surface area contributed by atoms with Gasteiger partial charge in [0.05, 0.1) is 11.8 Å². The molecule has 1 aromatic carbocycles. The summed E-state index contributed by atoms with van der Waals surface area (Å²) in [5.74, 6) is -3.18. The highest BCUT2D eigenvalue weighted by atomic mass is 16.4. The second-order valence-electron chi connectivity index (χ2n) is 6.63. The van der Waals surface area contributed by atoms with Gasteiger partial charge in [-0.3, -0.25) is 9.59 Å². The van der Waals surface area contributed by atoms with E-state index in [0.29, 0.717) is 13.0 Å². The van der Waals surface area contributed by atoms with E-state index in [0.717, 1.165) is 25.9 Å². The molecule has 3 atom stereocenters. The zero-order chi connectivity index (χ0) is 19.4. The van der Waals surface area contributed by atoms with Crippen molar-refractivity contribution >= 4 is 11.9 Å². The Kier molecular flexibility index (Phi) is 10.6. The minimum atomic E-state index is -1.01. The van der Waals surface area contributed by atoms with Crippen LogP contribution in [0.2, 0.25) is 0 Å². The molecule has 4 N–H and O–H groups in total. The number of carboxylic acids is 1. The average Bonchev–Trinajstić information content (AvgIpc) is 2.65. The zero-order valence-corrected chi connectivity index (χ0v) is 15.8. The van der Waals surface area contributed by atoms with Crippen LogP contribution in [0.15, 0.2) is 30.3 Å². The smallest absolute Gasteiger partial charge is 0.307 e. The van der Waals surface area contributed by atoms with Gasteiger partial charge in [-0.1, -0.05) is 50.6 Å². The molecule has 0 spiro atoms. The molecule has 1 amide bonds. The van der Waals surface area contributed by atoms with E-state index in [-0.39, 0.29) is 18.4 Å². The van der Waals surface area contributed by atoms with E-state index in [4.69, 9.17) is 0 Å². The first-order valence-electron chi connectivity index (χ1n) is 9.37. The highest BCUT2D eigenvalue weighted by molar-refractivity contribution is 5.84. The second-order valence-corrected chi connectivity index (χ2v) is 6.63. The van der Waals surface area contributed by atoms with Gasteiger partial charge >= 0.3 is 5.97 Å². The van der Waals surface area contributed by atoms with Crippen molar-refractivity contribution in [1.29, 1.82) is 0 Å². The van der Waals surface area contributed by atoms with Crippen LogP contribution in [-0.2, 0) is 16.0 Å². The molecule has 0 aliphatic rings. The monoisotopic (exact) mass is 364 g/mol. The Balaban J connectivity index is 2.30. The predicted octanol–water partition coefficient (Wildman–Crippen LogP) is 1.68. The number of aliphatic hydroxyl groups excluding tert-OH is 1. The maximum absolute atomic E-state index is 12.4. The first kappa shape index (κ1) is 22.1. The van der Waals surface area contributed by atoms with Crippen LogP contribution < -0.4 is 10.6 Å². The van der Waals surface area contributed by atoms with E-state index in [1.165, 1.54) is 12.5 Å². The van der Waals surface area contributed by atoms with Gasteiger partial charge in [0.1, 0.15) is 0 Å². The van der Waals surface area contributed by atoms with Gasteiger partial charge in [0.15, 0.2) is 0 Å². The molecule has 0 radical (unpaired) electrons. The summed E-state index contributed by atoms with van der Waals surface area (Å²) < 4.78 is 0. The van der Waals surface area contributed by atoms with Crippen molar-refractivity contribution < 1.29 is 19.8 Å². The van der Waals surface area contributed by atoms with Crippen molar-refractivity contribution in [3.8, 4) is 0 Å². The number of hydrogen-bond acceptors (Lipinski definition) is 4. The molecule has 0 heterocycles. The number of aliphatic carboxylic acids is 1. The molecule has 1 aromatic rings. The fourth-order valence-corrected chi connectivity index (χ4v) is 3.04. The number of amides is 1. The number of carbonyl (C=O) groups is 2. The lowest BCUT2D eigenvalue weighted by molar-refractivity contribution is -0.148. The molecule has 0 bridgehead atoms. The van der Waals surface area contributed by atoms with E-state index >= 15 is 0 Å². The first-order chi connectivity index (χ1) is 12.5. The number of nitrogens with one attached hydrogen (secondary N) is 2. The van der Waals surface area contributed by atoms with Crippen LogP contribution in [-0.4, -0.2) is 48.3 Å². The number of hydrogen-bond donors (Lipinski definition) is 4. The van der Waals surface area contributed by atoms with Gasteiger partial charge < -0.3 is 20.8 Å². The molecule has 146 valence electrons. The minimum absolute atomic E-state index is 0.187. The van der Waals surface area contributed by atoms with Crippen LogP contribution >= 0.6 is 0 Å². The van der Waals surface area contributed by atoms with Crippen LogP contribution in [0.4, 0.5) is 0 Å². The normalized spacial score (nSPS) is 14.4. The van der Waals surface area contributed by atoms with Gasteiger partial charge in [-0.05, 0) is 37.4 Å². The fraction of sp³-hybridized carbons (Fsp3) is 0.600. The Morgan fingerprint density at radius 2 is 1.81 bits per heavy atom. The molecule has 0 aromatic heterocycles. The van der Waals surface area contributed by atoms with Crippen molar-refractivity contribution in [2.45, 2.75) is 33.1 Å². The maximum atomic E-state index is 12.4. The Bertz CT molecular complexity index is 532. The van der Waals surface area contributed by atoms with Gasteiger partial charge in [0, 0.05) is 13.2 Å². The number of carbonyl (C=O) groups excluding carboxylic acids is 1. The third-order valence-corrected chi connectivity index (χ3v) is 4.76. The first-order valence-corrected chi connectivity index (χ1v) is 9.37. The molecule has 6 nitrogen and oxygen atoms in total. The van der Waals surface area contributed by atoms with Crippen LogP contribution in [0.25, 0.3) is 0 Å². The number of rotatable bonds is 13. The Hall–Kier alpha value is -1.92. The van der Waals surface area contributed by atoms with Gasteiger partial charge in [-0.15, -0.1) is 0 Å². The molecule has 26 heavy (non-hydrogen) atoms. The van der Waals surface area contributed by atoms with Gasteiger partial charge in [-0.2, -0.15) is 0 Å². The van der Waals surface area contributed by atoms with E-state index in [9.17, 15) is 19.8 Å². The van der Waals surface area contributed by atoms with Gasteiger partial charge in [-0.25, -0.2) is 0 Å². The molecule has 3 unspecified atom stereocenters. The number of benzene rings is 1. The molecule has 1 rings (SSSR count). The van der Waals surface area contributed by atoms with Crippen molar-refractivity contribution in [2.24, 2.45) is 17.8 Å². The van der Waals surface area contributed by atoms with E-state index in [1.807, 2.05) is 25.1 Å². The van der Waals surface area contributed by atoms with Crippen LogP contribution in [0.3, 0.4) is 0 Å². The standard InChI is InChI=1S/C20H32N2O4/c1-3-17(14-23)18(15(2)20(25)26)19(24)22-12-7-11-21-13-10-16-8-5-4-6-9-16/h4-6,8-9,15,17-18,21,23H,3,7,10-14H2,1-2H3,(H,22,24)(H,25,26). The molecular weight excluding hydrogens is 332 g/mol. The molecule has 6 heteroatoms. The second kappa shape index (κ2) is 12.4. The van der Waals surface area contributed by atoms with E-state index in [2.05, 4.69) is 22.8 Å². The quantitative estimate of drug-likeness (QED) is 0.399. The maximum Gasteiger partial charge on any atom is 0.307 e. The molecule has 0 aliphatic carbocycles. The van der Waals surface area contributed by atoms with Crippen LogP contribution in [0, 0.1) is 17.8 Å². The fourth-order valence-electron chi connectivity index (χ4n) is 3.04. The SMILES string of the molecule is CCC(CO)C(C(=O)NCCCNCCc1ccccc1)C(C)C(=O)O. The minimum Gasteiger partial charge on any atom is -0.481 e. The highest BCUT2D eigenvalue weighted by Gasteiger charge is 2.35. The predicted molar refractivity (Wildman–Crippen MR) is 102 cm³/mol. The largest absolute Gasteiger partial charge is 0.481 e. The summed E-state index contributed by atoms with van der Waals surface area (Å²) in [6.45, 7) is 5.33. The average molecular weight is 364 g/mol. The molecule has 0 aliphatic heterocycles. The third-order valence-electron chi connectivity index (χ3n) is 4.76. The summed E-state index contributed by atoms with van der Waals surface area (Å²) in [6, 6.07) is 10.2. The lowest BCUT2D eigenvalue weighted by Crippen LogP contribution is -2.42. The lowest BCUT2D eigenvalue weighted by Gasteiger charge is -2.27. The Morgan fingerprint density at radius 1 is 1.12 bits per heavy atom. The summed E-state index contributed by atoms with van der Waals surface area (Å²) in [5, 5.41) is 24.8. The van der Waals surface area contributed by atoms with Crippen molar-refractivity contribution in [2.75, 3.05) is 26.2 Å².